The third-order valence-electron chi connectivity index (χ3n) is 3.05. The normalized spacial score (nSPS) is 12.7. The minimum absolute atomic E-state index is 0.128. The molecule has 0 saturated heterocycles. The lowest BCUT2D eigenvalue weighted by Crippen LogP contribution is -2.28. The summed E-state index contributed by atoms with van der Waals surface area (Å²) in [5.74, 6) is -0.440. The molecule has 0 aliphatic carbocycles. The molecule has 0 saturated carbocycles. The largest absolute Gasteiger partial charge is 0.416 e. The average molecular weight is 389 g/mol. The highest BCUT2D eigenvalue weighted by molar-refractivity contribution is 9.10. The highest BCUT2D eigenvalue weighted by Gasteiger charge is 2.30. The number of aliphatic hydroxyl groups excluding tert-OH is 1. The van der Waals surface area contributed by atoms with Crippen LogP contribution in [0.4, 0.5) is 13.2 Å². The summed E-state index contributed by atoms with van der Waals surface area (Å²) >= 11 is 3.19. The van der Waals surface area contributed by atoms with E-state index in [1.165, 1.54) is 24.5 Å². The first-order valence-electron chi connectivity index (χ1n) is 6.51. The molecular weight excluding hydrogens is 377 g/mol. The van der Waals surface area contributed by atoms with Gasteiger partial charge in [0.2, 0.25) is 0 Å². The summed E-state index contributed by atoms with van der Waals surface area (Å²) in [4.78, 5) is 15.7. The number of hydrogen-bond acceptors (Lipinski definition) is 3. The Morgan fingerprint density at radius 2 is 1.91 bits per heavy atom. The molecule has 4 nitrogen and oxygen atoms in total. The Hall–Kier alpha value is -1.93. The van der Waals surface area contributed by atoms with E-state index in [1.807, 2.05) is 0 Å². The van der Waals surface area contributed by atoms with Crippen molar-refractivity contribution in [2.75, 3.05) is 6.54 Å². The zero-order chi connectivity index (χ0) is 17.0. The molecule has 8 heteroatoms. The summed E-state index contributed by atoms with van der Waals surface area (Å²) in [5.41, 5.74) is -0.206. The first kappa shape index (κ1) is 17.4. The fraction of sp³-hybridized carbons (Fsp3) is 0.200. The van der Waals surface area contributed by atoms with E-state index in [-0.39, 0.29) is 12.1 Å². The third-order valence-corrected chi connectivity index (χ3v) is 3.48. The number of hydrogen-bond donors (Lipinski definition) is 2. The van der Waals surface area contributed by atoms with Crippen LogP contribution in [0, 0.1) is 0 Å². The lowest BCUT2D eigenvalue weighted by atomic mass is 10.1. The molecule has 0 unspecified atom stereocenters. The van der Waals surface area contributed by atoms with Gasteiger partial charge in [-0.3, -0.25) is 9.78 Å². The fourth-order valence-electron chi connectivity index (χ4n) is 1.84. The Morgan fingerprint density at radius 3 is 2.48 bits per heavy atom. The van der Waals surface area contributed by atoms with Crippen LogP contribution in [0.5, 0.6) is 0 Å². The van der Waals surface area contributed by atoms with Crippen molar-refractivity contribution in [3.05, 3.63) is 63.9 Å². The second-order valence-corrected chi connectivity index (χ2v) is 5.65. The number of alkyl halides is 3. The van der Waals surface area contributed by atoms with Gasteiger partial charge in [-0.15, -0.1) is 0 Å². The van der Waals surface area contributed by atoms with E-state index in [2.05, 4.69) is 26.2 Å². The van der Waals surface area contributed by atoms with Crippen molar-refractivity contribution in [1.29, 1.82) is 0 Å². The van der Waals surface area contributed by atoms with Gasteiger partial charge >= 0.3 is 6.18 Å². The molecular formula is C15H12BrF3N2O2. The van der Waals surface area contributed by atoms with Gasteiger partial charge in [0, 0.05) is 23.4 Å². The van der Waals surface area contributed by atoms with Crippen molar-refractivity contribution in [2.24, 2.45) is 0 Å². The Balaban J connectivity index is 1.97. The molecule has 0 spiro atoms. The van der Waals surface area contributed by atoms with E-state index in [4.69, 9.17) is 0 Å². The summed E-state index contributed by atoms with van der Waals surface area (Å²) in [6, 6.07) is 5.70. The highest BCUT2D eigenvalue weighted by Crippen LogP contribution is 2.29. The van der Waals surface area contributed by atoms with Crippen molar-refractivity contribution < 1.29 is 23.1 Å². The number of rotatable bonds is 4. The number of pyridine rings is 1. The maximum absolute atomic E-state index is 12.5. The average Bonchev–Trinajstić information content (AvgIpc) is 2.51. The summed E-state index contributed by atoms with van der Waals surface area (Å²) in [6.45, 7) is -0.128. The fourth-order valence-corrected chi connectivity index (χ4v) is 2.20. The van der Waals surface area contributed by atoms with Crippen LogP contribution in [0.3, 0.4) is 0 Å². The van der Waals surface area contributed by atoms with Crippen LogP contribution in [0.2, 0.25) is 0 Å². The van der Waals surface area contributed by atoms with Crippen LogP contribution in [0.1, 0.15) is 27.6 Å². The van der Waals surface area contributed by atoms with E-state index < -0.39 is 23.8 Å². The zero-order valence-corrected chi connectivity index (χ0v) is 13.2. The van der Waals surface area contributed by atoms with Gasteiger partial charge in [-0.05, 0) is 39.7 Å². The summed E-state index contributed by atoms with van der Waals surface area (Å²) in [5, 5.41) is 12.4. The van der Waals surface area contributed by atoms with Gasteiger partial charge in [0.25, 0.3) is 5.91 Å². The molecule has 23 heavy (non-hydrogen) atoms. The predicted molar refractivity (Wildman–Crippen MR) is 80.7 cm³/mol. The molecule has 2 aromatic rings. The Bertz CT molecular complexity index is 690. The third kappa shape index (κ3) is 4.77. The van der Waals surface area contributed by atoms with Crippen molar-refractivity contribution in [3.63, 3.8) is 0 Å². The molecule has 1 aromatic heterocycles. The maximum Gasteiger partial charge on any atom is 0.416 e. The number of amides is 1. The van der Waals surface area contributed by atoms with E-state index in [9.17, 15) is 23.1 Å². The molecule has 122 valence electrons. The number of aromatic nitrogens is 1. The topological polar surface area (TPSA) is 62.2 Å². The van der Waals surface area contributed by atoms with Crippen molar-refractivity contribution in [1.82, 2.24) is 10.3 Å². The van der Waals surface area contributed by atoms with E-state index in [1.54, 1.807) is 6.07 Å². The first-order valence-corrected chi connectivity index (χ1v) is 7.30. The van der Waals surface area contributed by atoms with Crippen LogP contribution >= 0.6 is 15.9 Å². The number of benzene rings is 1. The lowest BCUT2D eigenvalue weighted by Gasteiger charge is -2.13. The molecule has 1 heterocycles. The minimum atomic E-state index is -4.43. The lowest BCUT2D eigenvalue weighted by molar-refractivity contribution is -0.137. The maximum atomic E-state index is 12.5. The molecule has 0 radical (unpaired) electrons. The number of carbonyl (C=O) groups excluding carboxylic acids is 1. The zero-order valence-electron chi connectivity index (χ0n) is 11.6. The molecule has 0 aliphatic heterocycles. The van der Waals surface area contributed by atoms with Gasteiger partial charge in [0.15, 0.2) is 0 Å². The number of nitrogens with zero attached hydrogens (tertiary/aromatic N) is 1. The van der Waals surface area contributed by atoms with Crippen molar-refractivity contribution >= 4 is 21.8 Å². The number of nitrogens with one attached hydrogen (secondary N) is 1. The molecule has 2 N–H and O–H groups in total. The summed E-state index contributed by atoms with van der Waals surface area (Å²) < 4.78 is 38.0. The van der Waals surface area contributed by atoms with Crippen LogP contribution in [-0.2, 0) is 6.18 Å². The Kier molecular flexibility index (Phi) is 5.38. The Labute approximate surface area is 138 Å². The smallest absolute Gasteiger partial charge is 0.387 e. The Morgan fingerprint density at radius 1 is 1.26 bits per heavy atom. The number of carbonyl (C=O) groups is 1. The van der Waals surface area contributed by atoms with Gasteiger partial charge < -0.3 is 10.4 Å². The highest BCUT2D eigenvalue weighted by atomic mass is 79.9. The van der Waals surface area contributed by atoms with Gasteiger partial charge in [-0.25, -0.2) is 0 Å². The van der Waals surface area contributed by atoms with Crippen molar-refractivity contribution in [2.45, 2.75) is 12.3 Å². The second kappa shape index (κ2) is 7.10. The number of aliphatic hydroxyl groups is 1. The molecule has 1 atom stereocenters. The monoisotopic (exact) mass is 388 g/mol. The van der Waals surface area contributed by atoms with Crippen LogP contribution < -0.4 is 5.32 Å². The van der Waals surface area contributed by atoms with E-state index in [0.717, 1.165) is 12.1 Å². The van der Waals surface area contributed by atoms with Crippen LogP contribution in [-0.4, -0.2) is 22.5 Å². The minimum Gasteiger partial charge on any atom is -0.387 e. The van der Waals surface area contributed by atoms with Gasteiger partial charge in [0.05, 0.1) is 17.2 Å². The van der Waals surface area contributed by atoms with Gasteiger partial charge in [0.1, 0.15) is 0 Å². The van der Waals surface area contributed by atoms with Crippen LogP contribution in [0.25, 0.3) is 0 Å². The SMILES string of the molecule is O=C(NC[C@H](O)c1ccc(C(F)(F)F)cc1)c1cncc(Br)c1. The molecule has 1 amide bonds. The van der Waals surface area contributed by atoms with Crippen molar-refractivity contribution in [3.8, 4) is 0 Å². The quantitative estimate of drug-likeness (QED) is 0.844. The van der Waals surface area contributed by atoms with Gasteiger partial charge in [-0.2, -0.15) is 13.2 Å². The summed E-state index contributed by atoms with van der Waals surface area (Å²) in [6.07, 6.45) is -2.65. The standard InChI is InChI=1S/C15H12BrF3N2O2/c16-12-5-10(6-20-7-12)14(23)21-8-13(22)9-1-3-11(4-2-9)15(17,18)19/h1-7,13,22H,8H2,(H,21,23)/t13-/m0/s1. The summed E-state index contributed by atoms with van der Waals surface area (Å²) in [7, 11) is 0. The molecule has 2 rings (SSSR count). The molecule has 0 bridgehead atoms. The molecule has 0 aliphatic rings. The second-order valence-electron chi connectivity index (χ2n) is 4.74. The van der Waals surface area contributed by atoms with Crippen LogP contribution in [0.15, 0.2) is 47.2 Å². The molecule has 1 aromatic carbocycles. The van der Waals surface area contributed by atoms with Gasteiger partial charge in [-0.1, -0.05) is 12.1 Å². The molecule has 0 fully saturated rings. The van der Waals surface area contributed by atoms with E-state index in [0.29, 0.717) is 10.0 Å². The predicted octanol–water partition coefficient (Wildman–Crippen LogP) is 3.33. The van der Waals surface area contributed by atoms with E-state index >= 15 is 0 Å². The number of halogens is 4. The first-order chi connectivity index (χ1) is 10.8.